The molecule has 0 heterocycles. The number of guanidine groups is 1. The second-order valence-corrected chi connectivity index (χ2v) is 4.73. The van der Waals surface area contributed by atoms with Crippen LogP contribution in [0.25, 0.3) is 0 Å². The molecule has 1 rings (SSSR count). The van der Waals surface area contributed by atoms with Gasteiger partial charge in [0, 0.05) is 12.6 Å². The number of rotatable bonds is 2. The Balaban J connectivity index is 2.46. The van der Waals surface area contributed by atoms with Crippen LogP contribution >= 0.6 is 0 Å². The molecule has 1 saturated carbocycles. The molecule has 4 nitrogen and oxygen atoms in total. The highest BCUT2D eigenvalue weighted by atomic mass is 15.3. The highest BCUT2D eigenvalue weighted by Gasteiger charge is 2.24. The van der Waals surface area contributed by atoms with Crippen LogP contribution in [0.3, 0.4) is 0 Å². The largest absolute Gasteiger partial charge is 0.353 e. The maximum atomic E-state index is 5.40. The van der Waals surface area contributed by atoms with Crippen molar-refractivity contribution in [2.24, 2.45) is 22.7 Å². The second kappa shape index (κ2) is 5.95. The number of hydrazine groups is 1. The molecule has 15 heavy (non-hydrogen) atoms. The lowest BCUT2D eigenvalue weighted by atomic mass is 9.80. The van der Waals surface area contributed by atoms with Crippen LogP contribution in [0, 0.1) is 11.8 Å². The Bertz CT molecular complexity index is 205. The van der Waals surface area contributed by atoms with E-state index in [1.54, 1.807) is 0 Å². The summed E-state index contributed by atoms with van der Waals surface area (Å²) in [6.07, 6.45) is 3.78. The fourth-order valence-electron chi connectivity index (χ4n) is 2.55. The van der Waals surface area contributed by atoms with Crippen LogP contribution in [0.4, 0.5) is 0 Å². The topological polar surface area (TPSA) is 62.4 Å². The van der Waals surface area contributed by atoms with Gasteiger partial charge in [0.05, 0.1) is 0 Å². The first-order valence-corrected chi connectivity index (χ1v) is 5.93. The van der Waals surface area contributed by atoms with Gasteiger partial charge < -0.3 is 5.32 Å². The zero-order valence-corrected chi connectivity index (χ0v) is 10.1. The number of aliphatic imine (C=N–C) groups is 1. The maximum absolute atomic E-state index is 5.40. The molecule has 0 amide bonds. The molecule has 1 fully saturated rings. The van der Waals surface area contributed by atoms with Crippen molar-refractivity contribution in [2.45, 2.75) is 46.1 Å². The minimum Gasteiger partial charge on any atom is -0.353 e. The minimum absolute atomic E-state index is 0.519. The number of nitrogens with two attached hydrogens (primary N) is 1. The van der Waals surface area contributed by atoms with E-state index in [1.807, 2.05) is 6.92 Å². The zero-order chi connectivity index (χ0) is 11.3. The number of nitrogens with one attached hydrogen (secondary N) is 2. The van der Waals surface area contributed by atoms with Gasteiger partial charge in [-0.15, -0.1) is 0 Å². The van der Waals surface area contributed by atoms with E-state index in [-0.39, 0.29) is 0 Å². The Morgan fingerprint density at radius 2 is 1.87 bits per heavy atom. The van der Waals surface area contributed by atoms with Crippen molar-refractivity contribution in [3.63, 3.8) is 0 Å². The average molecular weight is 212 g/mol. The Kier molecular flexibility index (Phi) is 4.88. The van der Waals surface area contributed by atoms with Crippen LogP contribution in [-0.2, 0) is 0 Å². The smallest absolute Gasteiger partial charge is 0.205 e. The Morgan fingerprint density at radius 1 is 1.27 bits per heavy atom. The van der Waals surface area contributed by atoms with Gasteiger partial charge in [0.1, 0.15) is 0 Å². The van der Waals surface area contributed by atoms with E-state index in [0.717, 1.165) is 24.3 Å². The van der Waals surface area contributed by atoms with Gasteiger partial charge in [-0.25, -0.2) is 5.84 Å². The molecule has 0 aromatic rings. The molecule has 0 bridgehead atoms. The van der Waals surface area contributed by atoms with Crippen molar-refractivity contribution >= 4 is 5.96 Å². The molecule has 88 valence electrons. The van der Waals surface area contributed by atoms with Gasteiger partial charge in [0.25, 0.3) is 0 Å². The van der Waals surface area contributed by atoms with Crippen LogP contribution in [0.1, 0.15) is 40.0 Å². The lowest BCUT2D eigenvalue weighted by molar-refractivity contribution is 0.255. The van der Waals surface area contributed by atoms with Crippen molar-refractivity contribution < 1.29 is 0 Å². The second-order valence-electron chi connectivity index (χ2n) is 4.73. The highest BCUT2D eigenvalue weighted by Crippen LogP contribution is 2.28. The molecule has 2 unspecified atom stereocenters. The lowest BCUT2D eigenvalue weighted by Gasteiger charge is -2.32. The van der Waals surface area contributed by atoms with Crippen LogP contribution < -0.4 is 16.6 Å². The predicted octanol–water partition coefficient (Wildman–Crippen LogP) is 1.24. The normalized spacial score (nSPS) is 32.5. The van der Waals surface area contributed by atoms with E-state index in [1.165, 1.54) is 19.3 Å². The maximum Gasteiger partial charge on any atom is 0.205 e. The predicted molar refractivity (Wildman–Crippen MR) is 64.4 cm³/mol. The molecule has 4 N–H and O–H groups in total. The fourth-order valence-corrected chi connectivity index (χ4v) is 2.55. The molecule has 0 aromatic heterocycles. The highest BCUT2D eigenvalue weighted by molar-refractivity contribution is 5.79. The number of nitrogens with zero attached hydrogens (tertiary/aromatic N) is 1. The molecular weight excluding hydrogens is 188 g/mol. The molecular formula is C11H24N4. The van der Waals surface area contributed by atoms with Crippen molar-refractivity contribution in [1.82, 2.24) is 10.7 Å². The summed E-state index contributed by atoms with van der Waals surface area (Å²) in [7, 11) is 0. The van der Waals surface area contributed by atoms with E-state index >= 15 is 0 Å². The average Bonchev–Trinajstić information content (AvgIpc) is 2.15. The molecule has 0 spiro atoms. The third-order valence-corrected chi connectivity index (χ3v) is 2.97. The van der Waals surface area contributed by atoms with E-state index in [9.17, 15) is 0 Å². The molecule has 0 radical (unpaired) electrons. The number of hydrogen-bond donors (Lipinski definition) is 3. The van der Waals surface area contributed by atoms with Gasteiger partial charge in [-0.2, -0.15) is 0 Å². The van der Waals surface area contributed by atoms with Crippen molar-refractivity contribution in [2.75, 3.05) is 6.54 Å². The zero-order valence-electron chi connectivity index (χ0n) is 10.1. The standard InChI is InChI=1S/C11H24N4/c1-4-13-11(15-12)14-10-6-8(2)5-9(3)7-10/h8-10H,4-7,12H2,1-3H3,(H2,13,14,15). The van der Waals surface area contributed by atoms with Crippen molar-refractivity contribution in [1.29, 1.82) is 0 Å². The summed E-state index contributed by atoms with van der Waals surface area (Å²) >= 11 is 0. The summed E-state index contributed by atoms with van der Waals surface area (Å²) in [4.78, 5) is 4.26. The van der Waals surface area contributed by atoms with Gasteiger partial charge in [-0.3, -0.25) is 10.4 Å². The van der Waals surface area contributed by atoms with E-state index in [2.05, 4.69) is 29.6 Å². The summed E-state index contributed by atoms with van der Waals surface area (Å²) in [6, 6.07) is 0.519. The van der Waals surface area contributed by atoms with Gasteiger partial charge in [-0.05, 0) is 38.0 Å². The quantitative estimate of drug-likeness (QED) is 0.279. The van der Waals surface area contributed by atoms with Crippen LogP contribution in [0.2, 0.25) is 0 Å². The van der Waals surface area contributed by atoms with Gasteiger partial charge in [0.2, 0.25) is 5.96 Å². The van der Waals surface area contributed by atoms with Crippen LogP contribution in [0.5, 0.6) is 0 Å². The first-order chi connectivity index (χ1) is 7.15. The molecule has 2 atom stereocenters. The van der Waals surface area contributed by atoms with E-state index < -0.39 is 0 Å². The summed E-state index contributed by atoms with van der Waals surface area (Å²) in [5.41, 5.74) is 2.62. The molecule has 1 aliphatic rings. The molecule has 1 aliphatic carbocycles. The summed E-state index contributed by atoms with van der Waals surface area (Å²) in [6.45, 7) is 7.39. The van der Waals surface area contributed by atoms with Crippen molar-refractivity contribution in [3.05, 3.63) is 0 Å². The molecule has 0 aromatic carbocycles. The third-order valence-electron chi connectivity index (χ3n) is 2.97. The Hall–Kier alpha value is -0.770. The van der Waals surface area contributed by atoms with Crippen molar-refractivity contribution in [3.8, 4) is 0 Å². The Labute approximate surface area is 92.7 Å². The minimum atomic E-state index is 0.519. The third kappa shape index (κ3) is 4.08. The summed E-state index contributed by atoms with van der Waals surface area (Å²) in [5, 5.41) is 3.38. The first-order valence-electron chi connectivity index (χ1n) is 5.93. The SMILES string of the molecule is CCN=C(NN)NC1CC(C)CC(C)C1. The lowest BCUT2D eigenvalue weighted by Crippen LogP contribution is -2.48. The number of hydrogen-bond acceptors (Lipinski definition) is 2. The Morgan fingerprint density at radius 3 is 2.33 bits per heavy atom. The molecule has 4 heteroatoms. The van der Waals surface area contributed by atoms with Gasteiger partial charge >= 0.3 is 0 Å². The summed E-state index contributed by atoms with van der Waals surface area (Å²) in [5.74, 6) is 7.72. The monoisotopic (exact) mass is 212 g/mol. The first kappa shape index (κ1) is 12.3. The van der Waals surface area contributed by atoms with Gasteiger partial charge in [0.15, 0.2) is 0 Å². The van der Waals surface area contributed by atoms with Crippen LogP contribution in [-0.4, -0.2) is 18.5 Å². The molecule has 0 saturated heterocycles. The van der Waals surface area contributed by atoms with E-state index in [4.69, 9.17) is 5.84 Å². The van der Waals surface area contributed by atoms with E-state index in [0.29, 0.717) is 6.04 Å². The molecule has 0 aliphatic heterocycles. The fraction of sp³-hybridized carbons (Fsp3) is 0.909. The summed E-state index contributed by atoms with van der Waals surface area (Å²) < 4.78 is 0. The van der Waals surface area contributed by atoms with Gasteiger partial charge in [-0.1, -0.05) is 13.8 Å². The van der Waals surface area contributed by atoms with Crippen LogP contribution in [0.15, 0.2) is 4.99 Å².